The molecule has 138 valence electrons. The molecular weight excluding hydrogens is 350 g/mol. The zero-order valence-electron chi connectivity index (χ0n) is 14.8. The molecule has 1 N–H and O–H groups in total. The Kier molecular flexibility index (Phi) is 4.89. The van der Waals surface area contributed by atoms with E-state index in [4.69, 9.17) is 4.74 Å². The van der Waals surface area contributed by atoms with E-state index in [-0.39, 0.29) is 23.5 Å². The molecule has 0 aromatic heterocycles. The minimum absolute atomic E-state index is 0.0919. The lowest BCUT2D eigenvalue weighted by molar-refractivity contribution is -0.384. The molecule has 2 aromatic carbocycles. The maximum Gasteiger partial charge on any atom is 0.278 e. The van der Waals surface area contributed by atoms with E-state index < -0.39 is 16.7 Å². The van der Waals surface area contributed by atoms with Crippen LogP contribution in [-0.4, -0.2) is 35.3 Å². The third-order valence-corrected chi connectivity index (χ3v) is 4.19. The maximum atomic E-state index is 12.7. The van der Waals surface area contributed by atoms with Crippen molar-refractivity contribution in [1.82, 2.24) is 4.90 Å². The molecule has 0 atom stereocenters. The van der Waals surface area contributed by atoms with Crippen molar-refractivity contribution in [3.8, 4) is 5.75 Å². The van der Waals surface area contributed by atoms with Crippen LogP contribution in [0.15, 0.2) is 54.2 Å². The molecule has 2 amide bonds. The summed E-state index contributed by atoms with van der Waals surface area (Å²) in [7, 11) is 1.53. The van der Waals surface area contributed by atoms with Gasteiger partial charge in [-0.05, 0) is 36.8 Å². The number of likely N-dealkylation sites (N-methyl/N-ethyl adjacent to an activating group) is 1. The van der Waals surface area contributed by atoms with Crippen molar-refractivity contribution < 1.29 is 19.2 Å². The van der Waals surface area contributed by atoms with E-state index in [2.05, 4.69) is 5.32 Å². The number of carbonyl (C=O) groups is 2. The molecule has 8 heteroatoms. The lowest BCUT2D eigenvalue weighted by Gasteiger charge is -2.12. The van der Waals surface area contributed by atoms with Gasteiger partial charge in [-0.2, -0.15) is 0 Å². The van der Waals surface area contributed by atoms with Gasteiger partial charge in [-0.1, -0.05) is 6.07 Å². The number of nitro benzene ring substituents is 1. The van der Waals surface area contributed by atoms with Crippen molar-refractivity contribution >= 4 is 28.8 Å². The molecule has 8 nitrogen and oxygen atoms in total. The SMILES string of the molecule is CCN1C(=O)C(Nc2cccc(OC)c2)=C(c2ccc([N+](=O)[O-])cc2)C1=O. The Morgan fingerprint density at radius 1 is 1.11 bits per heavy atom. The number of nitrogens with one attached hydrogen (secondary N) is 1. The molecule has 3 rings (SSSR count). The van der Waals surface area contributed by atoms with Gasteiger partial charge in [0.05, 0.1) is 17.6 Å². The first kappa shape index (κ1) is 18.1. The van der Waals surface area contributed by atoms with E-state index in [1.54, 1.807) is 31.2 Å². The molecule has 0 saturated heterocycles. The number of nitro groups is 1. The molecule has 2 aromatic rings. The summed E-state index contributed by atoms with van der Waals surface area (Å²) < 4.78 is 5.17. The number of hydrogen-bond donors (Lipinski definition) is 1. The molecule has 0 aliphatic carbocycles. The Morgan fingerprint density at radius 2 is 1.81 bits per heavy atom. The largest absolute Gasteiger partial charge is 0.497 e. The van der Waals surface area contributed by atoms with Crippen LogP contribution in [-0.2, 0) is 9.59 Å². The lowest BCUT2D eigenvalue weighted by atomic mass is 10.0. The van der Waals surface area contributed by atoms with E-state index >= 15 is 0 Å². The molecule has 0 unspecified atom stereocenters. The van der Waals surface area contributed by atoms with Gasteiger partial charge in [0.2, 0.25) is 0 Å². The molecule has 0 fully saturated rings. The van der Waals surface area contributed by atoms with Crippen LogP contribution >= 0.6 is 0 Å². The number of ether oxygens (including phenoxy) is 1. The van der Waals surface area contributed by atoms with E-state index in [9.17, 15) is 19.7 Å². The van der Waals surface area contributed by atoms with Gasteiger partial charge < -0.3 is 10.1 Å². The van der Waals surface area contributed by atoms with E-state index in [0.29, 0.717) is 17.0 Å². The third kappa shape index (κ3) is 3.37. The number of imide groups is 1. The number of methoxy groups -OCH3 is 1. The number of rotatable bonds is 6. The fourth-order valence-corrected chi connectivity index (χ4v) is 2.84. The Bertz CT molecular complexity index is 950. The Morgan fingerprint density at radius 3 is 2.41 bits per heavy atom. The van der Waals surface area contributed by atoms with Gasteiger partial charge in [0.25, 0.3) is 17.5 Å². The summed E-state index contributed by atoms with van der Waals surface area (Å²) in [5.41, 5.74) is 1.23. The van der Waals surface area contributed by atoms with Gasteiger partial charge in [-0.25, -0.2) is 0 Å². The summed E-state index contributed by atoms with van der Waals surface area (Å²) >= 11 is 0. The first-order chi connectivity index (χ1) is 13.0. The second-order valence-corrected chi connectivity index (χ2v) is 5.77. The van der Waals surface area contributed by atoms with Gasteiger partial charge in [0.15, 0.2) is 0 Å². The molecule has 0 saturated carbocycles. The van der Waals surface area contributed by atoms with Crippen molar-refractivity contribution in [2.45, 2.75) is 6.92 Å². The predicted octanol–water partition coefficient (Wildman–Crippen LogP) is 2.82. The second-order valence-electron chi connectivity index (χ2n) is 5.77. The molecule has 1 heterocycles. The summed E-state index contributed by atoms with van der Waals surface area (Å²) in [6, 6.07) is 12.5. The van der Waals surface area contributed by atoms with Crippen molar-refractivity contribution in [2.75, 3.05) is 19.0 Å². The summed E-state index contributed by atoms with van der Waals surface area (Å²) in [5, 5.41) is 13.9. The van der Waals surface area contributed by atoms with Crippen molar-refractivity contribution in [3.63, 3.8) is 0 Å². The molecule has 0 spiro atoms. The van der Waals surface area contributed by atoms with Gasteiger partial charge in [0.1, 0.15) is 11.4 Å². The summed E-state index contributed by atoms with van der Waals surface area (Å²) in [6.45, 7) is 1.93. The Balaban J connectivity index is 2.06. The number of nitrogens with zero attached hydrogens (tertiary/aromatic N) is 2. The first-order valence-corrected chi connectivity index (χ1v) is 8.22. The molecule has 1 aliphatic heterocycles. The third-order valence-electron chi connectivity index (χ3n) is 4.19. The average molecular weight is 367 g/mol. The smallest absolute Gasteiger partial charge is 0.278 e. The quantitative estimate of drug-likeness (QED) is 0.478. The molecule has 0 radical (unpaired) electrons. The standard InChI is InChI=1S/C19H17N3O5/c1-3-21-18(23)16(12-7-9-14(10-8-12)22(25)26)17(19(21)24)20-13-5-4-6-15(11-13)27-2/h4-11,20H,3H2,1-2H3. The molecule has 1 aliphatic rings. The van der Waals surface area contributed by atoms with Crippen molar-refractivity contribution in [1.29, 1.82) is 0 Å². The number of non-ortho nitro benzene ring substituents is 1. The van der Waals surface area contributed by atoms with Crippen LogP contribution in [0, 0.1) is 10.1 Å². The second kappa shape index (κ2) is 7.28. The van der Waals surface area contributed by atoms with Gasteiger partial charge in [0, 0.05) is 30.4 Å². The highest BCUT2D eigenvalue weighted by Crippen LogP contribution is 2.31. The first-order valence-electron chi connectivity index (χ1n) is 8.22. The Labute approximate surface area is 155 Å². The van der Waals surface area contributed by atoms with E-state index in [1.165, 1.54) is 31.4 Å². The van der Waals surface area contributed by atoms with Crippen LogP contribution in [0.3, 0.4) is 0 Å². The fourth-order valence-electron chi connectivity index (χ4n) is 2.84. The van der Waals surface area contributed by atoms with Gasteiger partial charge in [-0.3, -0.25) is 24.6 Å². The number of benzene rings is 2. The van der Waals surface area contributed by atoms with Gasteiger partial charge in [-0.15, -0.1) is 0 Å². The van der Waals surface area contributed by atoms with Crippen molar-refractivity contribution in [2.24, 2.45) is 0 Å². The molecular formula is C19H17N3O5. The zero-order valence-corrected chi connectivity index (χ0v) is 14.8. The minimum atomic E-state index is -0.520. The summed E-state index contributed by atoms with van der Waals surface area (Å²) in [5.74, 6) is -0.290. The minimum Gasteiger partial charge on any atom is -0.497 e. The number of hydrogen-bond acceptors (Lipinski definition) is 6. The monoisotopic (exact) mass is 367 g/mol. The normalized spacial score (nSPS) is 13.9. The van der Waals surface area contributed by atoms with E-state index in [0.717, 1.165) is 4.90 Å². The van der Waals surface area contributed by atoms with Crippen LogP contribution in [0.5, 0.6) is 5.75 Å². The summed E-state index contributed by atoms with van der Waals surface area (Å²) in [4.78, 5) is 36.9. The van der Waals surface area contributed by atoms with Crippen molar-refractivity contribution in [3.05, 3.63) is 69.9 Å². The fraction of sp³-hybridized carbons (Fsp3) is 0.158. The average Bonchev–Trinajstić information content (AvgIpc) is 2.91. The predicted molar refractivity (Wildman–Crippen MR) is 99.0 cm³/mol. The maximum absolute atomic E-state index is 12.7. The van der Waals surface area contributed by atoms with Crippen LogP contribution in [0.1, 0.15) is 12.5 Å². The lowest BCUT2D eigenvalue weighted by Crippen LogP contribution is -2.32. The highest BCUT2D eigenvalue weighted by Gasteiger charge is 2.38. The molecule has 0 bridgehead atoms. The number of carbonyl (C=O) groups excluding carboxylic acids is 2. The summed E-state index contributed by atoms with van der Waals surface area (Å²) in [6.07, 6.45) is 0. The van der Waals surface area contributed by atoms with Crippen LogP contribution in [0.2, 0.25) is 0 Å². The topological polar surface area (TPSA) is 102 Å². The van der Waals surface area contributed by atoms with Crippen LogP contribution < -0.4 is 10.1 Å². The highest BCUT2D eigenvalue weighted by molar-refractivity contribution is 6.36. The molecule has 27 heavy (non-hydrogen) atoms. The van der Waals surface area contributed by atoms with Gasteiger partial charge >= 0.3 is 0 Å². The highest BCUT2D eigenvalue weighted by atomic mass is 16.6. The van der Waals surface area contributed by atoms with Crippen LogP contribution in [0.4, 0.5) is 11.4 Å². The Hall–Kier alpha value is -3.68. The zero-order chi connectivity index (χ0) is 19.6. The number of anilines is 1. The van der Waals surface area contributed by atoms with E-state index in [1.807, 2.05) is 0 Å². The number of amides is 2. The van der Waals surface area contributed by atoms with Crippen LogP contribution in [0.25, 0.3) is 5.57 Å².